The molecule has 8 nitrogen and oxygen atoms in total. The Morgan fingerprint density at radius 2 is 1.40 bits per heavy atom. The highest BCUT2D eigenvalue weighted by Gasteiger charge is 2.30. The van der Waals surface area contributed by atoms with Crippen molar-refractivity contribution in [3.8, 4) is 5.75 Å². The Kier molecular flexibility index (Phi) is 12.6. The quantitative estimate of drug-likeness (QED) is 0.0629. The molecule has 0 bridgehead atoms. The first-order chi connectivity index (χ1) is 21.3. The molecule has 0 aliphatic rings. The van der Waals surface area contributed by atoms with Crippen LogP contribution in [-0.2, 0) is 9.61 Å². The van der Waals surface area contributed by atoms with Crippen molar-refractivity contribution in [2.24, 2.45) is 0 Å². The topological polar surface area (TPSA) is 95.5 Å². The largest absolute Gasteiger partial charge is 0.522 e. The van der Waals surface area contributed by atoms with Gasteiger partial charge in [0.2, 0.25) is 0 Å². The Labute approximate surface area is 296 Å². The number of halogens is 5. The summed E-state index contributed by atoms with van der Waals surface area (Å²) < 4.78 is 5.83. The fourth-order valence-electron chi connectivity index (χ4n) is 3.87. The molecule has 0 radical (unpaired) electrons. The molecule has 0 spiro atoms. The average Bonchev–Trinajstić information content (AvgIpc) is 2.99. The van der Waals surface area contributed by atoms with Crippen molar-refractivity contribution in [3.63, 3.8) is 0 Å². The van der Waals surface area contributed by atoms with E-state index in [0.29, 0.717) is 32.9 Å². The summed E-state index contributed by atoms with van der Waals surface area (Å²) in [4.78, 5) is 11.7. The molecule has 0 amide bonds. The van der Waals surface area contributed by atoms with Crippen LogP contribution in [0.3, 0.4) is 0 Å². The van der Waals surface area contributed by atoms with Crippen LogP contribution in [0.5, 0.6) is 5.75 Å². The highest BCUT2D eigenvalue weighted by molar-refractivity contribution is 7.80. The Morgan fingerprint density at radius 1 is 0.756 bits per heavy atom. The molecule has 4 aromatic carbocycles. The minimum absolute atomic E-state index is 0.0577. The summed E-state index contributed by atoms with van der Waals surface area (Å²) in [5, 5.41) is 29.0. The van der Waals surface area contributed by atoms with Gasteiger partial charge in [-0.05, 0) is 85.5 Å². The molecule has 0 fully saturated rings. The van der Waals surface area contributed by atoms with Crippen LogP contribution < -0.4 is 31.2 Å². The van der Waals surface area contributed by atoms with E-state index in [4.69, 9.17) is 96.8 Å². The third-order valence-corrected chi connectivity index (χ3v) is 8.38. The van der Waals surface area contributed by atoms with E-state index in [1.807, 2.05) is 6.92 Å². The highest BCUT2D eigenvalue weighted by atomic mass is 35.5. The molecule has 0 unspecified atom stereocenters. The van der Waals surface area contributed by atoms with Crippen molar-refractivity contribution >= 4 is 135 Å². The second-order valence-corrected chi connectivity index (χ2v) is 12.1. The van der Waals surface area contributed by atoms with Gasteiger partial charge in [0.15, 0.2) is 5.11 Å². The maximum absolute atomic E-state index is 10.8. The molecule has 0 heterocycles. The van der Waals surface area contributed by atoms with E-state index >= 15 is 0 Å². The Bertz CT molecular complexity index is 1740. The highest BCUT2D eigenvalue weighted by Crippen LogP contribution is 2.30. The summed E-state index contributed by atoms with van der Waals surface area (Å²) in [6.07, 6.45) is 0. The summed E-state index contributed by atoms with van der Waals surface area (Å²) in [6.45, 7) is 1.83. The van der Waals surface area contributed by atoms with Gasteiger partial charge in [0, 0.05) is 28.0 Å². The van der Waals surface area contributed by atoms with Crippen LogP contribution in [0.2, 0.25) is 25.1 Å². The van der Waals surface area contributed by atoms with Crippen LogP contribution in [0.15, 0.2) is 72.8 Å². The van der Waals surface area contributed by atoms with E-state index in [2.05, 4.69) is 10.6 Å². The Morgan fingerprint density at radius 3 is 2.09 bits per heavy atom. The molecule has 4 N–H and O–H groups in total. The third kappa shape index (κ3) is 9.15. The zero-order valence-corrected chi connectivity index (χ0v) is 28.8. The molecule has 4 rings (SSSR count). The second kappa shape index (κ2) is 16.0. The van der Waals surface area contributed by atoms with Gasteiger partial charge in [-0.3, -0.25) is 9.61 Å². The average molecular weight is 744 g/mol. The van der Waals surface area contributed by atoms with E-state index in [0.717, 1.165) is 5.56 Å². The van der Waals surface area contributed by atoms with Crippen LogP contribution in [0.4, 0.5) is 17.1 Å². The van der Waals surface area contributed by atoms with Crippen LogP contribution in [0.25, 0.3) is 0 Å². The van der Waals surface area contributed by atoms with Gasteiger partial charge in [-0.1, -0.05) is 82.3 Å². The first-order valence-electron chi connectivity index (χ1n) is 12.9. The summed E-state index contributed by atoms with van der Waals surface area (Å²) in [5.74, 6) is 0.504. The van der Waals surface area contributed by atoms with Gasteiger partial charge in [0.05, 0.1) is 32.1 Å². The fraction of sp³-hybridized carbons (Fsp3) is 0.0714. The molecule has 0 saturated carbocycles. The van der Waals surface area contributed by atoms with E-state index in [1.54, 1.807) is 61.6 Å². The van der Waals surface area contributed by atoms with Crippen molar-refractivity contribution in [3.05, 3.63) is 103 Å². The zero-order valence-electron chi connectivity index (χ0n) is 23.4. The van der Waals surface area contributed by atoms with E-state index < -0.39 is 14.2 Å². The number of hydrogen-bond donors (Lipinski definition) is 4. The smallest absolute Gasteiger partial charge is 0.431 e. The van der Waals surface area contributed by atoms with Crippen LogP contribution >= 0.6 is 82.4 Å². The summed E-state index contributed by atoms with van der Waals surface area (Å²) in [5.41, 5.74) is 2.27. The molecular weight excluding hydrogens is 721 g/mol. The lowest BCUT2D eigenvalue weighted by Gasteiger charge is -2.23. The number of hydrogen-bond acceptors (Lipinski definition) is 7. The van der Waals surface area contributed by atoms with Gasteiger partial charge >= 0.3 is 14.2 Å². The summed E-state index contributed by atoms with van der Waals surface area (Å²) in [6, 6.07) is 19.8. The monoisotopic (exact) mass is 741 g/mol. The molecular formula is C28H22B2Cl5N3O5S2. The number of rotatable bonds is 9. The zero-order chi connectivity index (χ0) is 32.8. The molecule has 0 aliphatic carbocycles. The van der Waals surface area contributed by atoms with Gasteiger partial charge in [-0.25, -0.2) is 0 Å². The summed E-state index contributed by atoms with van der Waals surface area (Å²) in [7, 11) is -1.84. The first-order valence-corrected chi connectivity index (χ1v) is 15.6. The predicted molar refractivity (Wildman–Crippen MR) is 194 cm³/mol. The number of aryl methyl sites for hydroxylation is 1. The Hall–Kier alpha value is -2.32. The molecule has 0 aliphatic heterocycles. The number of thiocarbonyl (C=S) groups is 2. The molecule has 0 saturated heterocycles. The van der Waals surface area contributed by atoms with Crippen molar-refractivity contribution < 1.29 is 24.4 Å². The van der Waals surface area contributed by atoms with Gasteiger partial charge in [-0.15, -0.1) is 0 Å². The minimum atomic E-state index is -1.75. The lowest BCUT2D eigenvalue weighted by atomic mass is 9.78. The lowest BCUT2D eigenvalue weighted by Crippen LogP contribution is -2.42. The number of benzene rings is 4. The standard InChI is InChI=1S/C28H22B2Cl5N3O5S2/c1-15-12-16(31)10-11-25(15)41-28(45)38(2)24-13-18(20(33)14-21(24)34)30(40)43-42-29(39)17-6-5-9-23(26(17)35)37-27(44)36-22-8-4-3-7-19(22)32/h3-14,39-40H,1-2H3,(H2,36,37,44). The van der Waals surface area contributed by atoms with Crippen LogP contribution in [-0.4, -0.2) is 41.6 Å². The van der Waals surface area contributed by atoms with Crippen LogP contribution in [0.1, 0.15) is 5.56 Å². The number of ether oxygens (including phenoxy) is 1. The number of nitrogens with one attached hydrogen (secondary N) is 2. The van der Waals surface area contributed by atoms with Gasteiger partial charge in [0.25, 0.3) is 5.17 Å². The number of anilines is 3. The van der Waals surface area contributed by atoms with Gasteiger partial charge < -0.3 is 30.3 Å². The normalized spacial score (nSPS) is 10.7. The number of nitrogens with zero attached hydrogens (tertiary/aromatic N) is 1. The summed E-state index contributed by atoms with van der Waals surface area (Å²) >= 11 is 42.3. The van der Waals surface area contributed by atoms with Gasteiger partial charge in [-0.2, -0.15) is 0 Å². The van der Waals surface area contributed by atoms with E-state index in [-0.39, 0.29) is 36.3 Å². The Balaban J connectivity index is 1.42. The SMILES string of the molecule is Cc1cc(Cl)ccc1OC(=S)N(C)c1cc(B(O)OOB(O)c2cccc(NC(=S)Nc3ccccc3Cl)c2Cl)c(Cl)cc1Cl. The maximum atomic E-state index is 10.8. The minimum Gasteiger partial charge on any atom is -0.431 e. The molecule has 0 atom stereocenters. The molecule has 0 aromatic heterocycles. The van der Waals surface area contributed by atoms with E-state index in [1.165, 1.54) is 23.1 Å². The third-order valence-electron chi connectivity index (χ3n) is 6.20. The van der Waals surface area contributed by atoms with Crippen molar-refractivity contribution in [1.82, 2.24) is 0 Å². The van der Waals surface area contributed by atoms with Gasteiger partial charge in [0.1, 0.15) is 5.75 Å². The number of para-hydroxylation sites is 1. The molecule has 4 aromatic rings. The second-order valence-electron chi connectivity index (χ2n) is 9.33. The van der Waals surface area contributed by atoms with E-state index in [9.17, 15) is 10.0 Å². The first kappa shape index (κ1) is 35.5. The fourth-order valence-corrected chi connectivity index (χ4v) is 5.56. The van der Waals surface area contributed by atoms with Crippen molar-refractivity contribution in [1.29, 1.82) is 0 Å². The lowest BCUT2D eigenvalue weighted by molar-refractivity contribution is -0.133. The van der Waals surface area contributed by atoms with Crippen molar-refractivity contribution in [2.75, 3.05) is 22.6 Å². The molecule has 45 heavy (non-hydrogen) atoms. The molecule has 232 valence electrons. The maximum Gasteiger partial charge on any atom is 0.522 e. The molecule has 17 heteroatoms. The van der Waals surface area contributed by atoms with Crippen LogP contribution in [0, 0.1) is 6.92 Å². The van der Waals surface area contributed by atoms with Crippen molar-refractivity contribution in [2.45, 2.75) is 6.92 Å². The predicted octanol–water partition coefficient (Wildman–Crippen LogP) is 6.89.